The Morgan fingerprint density at radius 1 is 0.833 bits per heavy atom. The van der Waals surface area contributed by atoms with Crippen LogP contribution in [0.15, 0.2) is 54.6 Å². The van der Waals surface area contributed by atoms with Crippen LogP contribution in [0.5, 0.6) is 0 Å². The number of aromatic nitrogens is 1. The van der Waals surface area contributed by atoms with Crippen molar-refractivity contribution >= 4 is 22.3 Å². The van der Waals surface area contributed by atoms with Crippen molar-refractivity contribution in [3.63, 3.8) is 0 Å². The summed E-state index contributed by atoms with van der Waals surface area (Å²) in [5, 5.41) is 0.898. The molecule has 18 heavy (non-hydrogen) atoms. The van der Waals surface area contributed by atoms with Crippen molar-refractivity contribution in [2.75, 3.05) is 11.5 Å². The number of anilines is 2. The van der Waals surface area contributed by atoms with Crippen LogP contribution in [0.1, 0.15) is 0 Å². The van der Waals surface area contributed by atoms with E-state index in [2.05, 4.69) is 4.98 Å². The van der Waals surface area contributed by atoms with Gasteiger partial charge in [-0.1, -0.05) is 30.3 Å². The second-order valence-corrected chi connectivity index (χ2v) is 4.24. The van der Waals surface area contributed by atoms with Gasteiger partial charge in [-0.3, -0.25) is 0 Å². The minimum atomic E-state index is 0.698. The lowest BCUT2D eigenvalue weighted by Crippen LogP contribution is -1.94. The zero-order valence-electron chi connectivity index (χ0n) is 9.80. The molecular weight excluding hydrogens is 222 g/mol. The summed E-state index contributed by atoms with van der Waals surface area (Å²) in [6.45, 7) is 0. The van der Waals surface area contributed by atoms with Crippen LogP contribution in [-0.2, 0) is 0 Å². The van der Waals surface area contributed by atoms with E-state index in [0.29, 0.717) is 11.4 Å². The van der Waals surface area contributed by atoms with Crippen molar-refractivity contribution in [2.24, 2.45) is 0 Å². The number of benzene rings is 2. The van der Waals surface area contributed by atoms with E-state index in [-0.39, 0.29) is 0 Å². The number of nitrogen functional groups attached to an aromatic ring is 2. The van der Waals surface area contributed by atoms with Gasteiger partial charge in [-0.15, -0.1) is 0 Å². The highest BCUT2D eigenvalue weighted by atomic mass is 14.7. The van der Waals surface area contributed by atoms with Crippen LogP contribution in [0.2, 0.25) is 0 Å². The normalized spacial score (nSPS) is 10.7. The van der Waals surface area contributed by atoms with Gasteiger partial charge in [0.15, 0.2) is 0 Å². The van der Waals surface area contributed by atoms with E-state index in [4.69, 9.17) is 11.5 Å². The van der Waals surface area contributed by atoms with Crippen molar-refractivity contribution in [2.45, 2.75) is 0 Å². The Morgan fingerprint density at radius 3 is 2.39 bits per heavy atom. The molecule has 2 aromatic carbocycles. The van der Waals surface area contributed by atoms with Gasteiger partial charge < -0.3 is 11.5 Å². The van der Waals surface area contributed by atoms with Gasteiger partial charge in [0.05, 0.1) is 11.2 Å². The fraction of sp³-hybridized carbons (Fsp3) is 0. The van der Waals surface area contributed by atoms with Crippen LogP contribution < -0.4 is 11.5 Å². The number of nitrogens with zero attached hydrogens (tertiary/aromatic N) is 1. The molecule has 3 nitrogen and oxygen atoms in total. The molecular formula is C15H13N3. The Bertz CT molecular complexity index is 706. The van der Waals surface area contributed by atoms with E-state index >= 15 is 0 Å². The Balaban J connectivity index is 2.25. The number of nitrogens with two attached hydrogens (primary N) is 2. The SMILES string of the molecule is Nc1ccc2nc(-c3ccccc3)cc(N)c2c1. The molecule has 0 amide bonds. The highest BCUT2D eigenvalue weighted by Gasteiger charge is 2.05. The standard InChI is InChI=1S/C15H13N3/c16-11-6-7-14-12(8-11)13(17)9-15(18-14)10-4-2-1-3-5-10/h1-9H,16H2,(H2,17,18). The van der Waals surface area contributed by atoms with Gasteiger partial charge in [-0.25, -0.2) is 4.98 Å². The van der Waals surface area contributed by atoms with Gasteiger partial charge in [0.25, 0.3) is 0 Å². The molecule has 0 atom stereocenters. The molecule has 0 saturated carbocycles. The zero-order chi connectivity index (χ0) is 12.5. The van der Waals surface area contributed by atoms with Crippen molar-refractivity contribution in [3.8, 4) is 11.3 Å². The van der Waals surface area contributed by atoms with Gasteiger partial charge in [-0.2, -0.15) is 0 Å². The zero-order valence-corrected chi connectivity index (χ0v) is 9.80. The molecule has 4 N–H and O–H groups in total. The van der Waals surface area contributed by atoms with E-state index in [1.165, 1.54) is 0 Å². The maximum Gasteiger partial charge on any atom is 0.0731 e. The van der Waals surface area contributed by atoms with Crippen LogP contribution in [0.4, 0.5) is 11.4 Å². The summed E-state index contributed by atoms with van der Waals surface area (Å²) in [4.78, 5) is 4.61. The summed E-state index contributed by atoms with van der Waals surface area (Å²) >= 11 is 0. The Labute approximate surface area is 105 Å². The van der Waals surface area contributed by atoms with E-state index in [0.717, 1.165) is 22.2 Å². The molecule has 0 unspecified atom stereocenters. The van der Waals surface area contributed by atoms with Crippen molar-refractivity contribution in [1.29, 1.82) is 0 Å². The molecule has 0 aliphatic rings. The third kappa shape index (κ3) is 1.76. The average Bonchev–Trinajstić information content (AvgIpc) is 2.40. The summed E-state index contributed by atoms with van der Waals surface area (Å²) in [5.74, 6) is 0. The van der Waals surface area contributed by atoms with E-state index < -0.39 is 0 Å². The largest absolute Gasteiger partial charge is 0.399 e. The van der Waals surface area contributed by atoms with Gasteiger partial charge in [0.2, 0.25) is 0 Å². The fourth-order valence-corrected chi connectivity index (χ4v) is 2.03. The smallest absolute Gasteiger partial charge is 0.0731 e. The first-order valence-corrected chi connectivity index (χ1v) is 5.75. The van der Waals surface area contributed by atoms with Crippen LogP contribution >= 0.6 is 0 Å². The summed E-state index contributed by atoms with van der Waals surface area (Å²) in [5.41, 5.74) is 16.0. The lowest BCUT2D eigenvalue weighted by atomic mass is 10.1. The fourth-order valence-electron chi connectivity index (χ4n) is 2.03. The van der Waals surface area contributed by atoms with Gasteiger partial charge in [0.1, 0.15) is 0 Å². The minimum absolute atomic E-state index is 0.698. The molecule has 0 radical (unpaired) electrons. The first-order valence-electron chi connectivity index (χ1n) is 5.75. The molecule has 0 aliphatic carbocycles. The number of rotatable bonds is 1. The summed E-state index contributed by atoms with van der Waals surface area (Å²) < 4.78 is 0. The molecule has 0 fully saturated rings. The topological polar surface area (TPSA) is 64.9 Å². The third-order valence-electron chi connectivity index (χ3n) is 2.93. The highest BCUT2D eigenvalue weighted by Crippen LogP contribution is 2.27. The third-order valence-corrected chi connectivity index (χ3v) is 2.93. The molecule has 0 saturated heterocycles. The van der Waals surface area contributed by atoms with E-state index in [9.17, 15) is 0 Å². The van der Waals surface area contributed by atoms with E-state index in [1.54, 1.807) is 0 Å². The monoisotopic (exact) mass is 235 g/mol. The molecule has 0 aliphatic heterocycles. The van der Waals surface area contributed by atoms with Crippen molar-refractivity contribution < 1.29 is 0 Å². The summed E-state index contributed by atoms with van der Waals surface area (Å²) in [6.07, 6.45) is 0. The van der Waals surface area contributed by atoms with Gasteiger partial charge >= 0.3 is 0 Å². The molecule has 1 heterocycles. The first kappa shape index (κ1) is 10.6. The minimum Gasteiger partial charge on any atom is -0.399 e. The number of fused-ring (bicyclic) bond motifs is 1. The van der Waals surface area contributed by atoms with Crippen LogP contribution in [-0.4, -0.2) is 4.98 Å². The maximum atomic E-state index is 6.07. The molecule has 3 heteroatoms. The van der Waals surface area contributed by atoms with Gasteiger partial charge in [-0.05, 0) is 24.3 Å². The number of hydrogen-bond acceptors (Lipinski definition) is 3. The summed E-state index contributed by atoms with van der Waals surface area (Å²) in [6, 6.07) is 17.5. The number of hydrogen-bond donors (Lipinski definition) is 2. The van der Waals surface area contributed by atoms with E-state index in [1.807, 2.05) is 54.6 Å². The molecule has 88 valence electrons. The second kappa shape index (κ2) is 4.04. The molecule has 3 aromatic rings. The molecule has 0 bridgehead atoms. The predicted molar refractivity (Wildman–Crippen MR) is 76.0 cm³/mol. The highest BCUT2D eigenvalue weighted by molar-refractivity contribution is 5.94. The van der Waals surface area contributed by atoms with Crippen LogP contribution in [0, 0.1) is 0 Å². The lowest BCUT2D eigenvalue weighted by molar-refractivity contribution is 1.40. The summed E-state index contributed by atoms with van der Waals surface area (Å²) in [7, 11) is 0. The van der Waals surface area contributed by atoms with Crippen LogP contribution in [0.25, 0.3) is 22.2 Å². The number of pyridine rings is 1. The second-order valence-electron chi connectivity index (χ2n) is 4.24. The molecule has 3 rings (SSSR count). The average molecular weight is 235 g/mol. The Hall–Kier alpha value is -2.55. The Morgan fingerprint density at radius 2 is 1.61 bits per heavy atom. The Kier molecular flexibility index (Phi) is 2.38. The van der Waals surface area contributed by atoms with Gasteiger partial charge in [0, 0.05) is 22.3 Å². The maximum absolute atomic E-state index is 6.07. The first-order chi connectivity index (χ1) is 8.74. The van der Waals surface area contributed by atoms with Crippen molar-refractivity contribution in [1.82, 2.24) is 4.98 Å². The lowest BCUT2D eigenvalue weighted by Gasteiger charge is -2.07. The predicted octanol–water partition coefficient (Wildman–Crippen LogP) is 3.07. The molecule has 1 aromatic heterocycles. The van der Waals surface area contributed by atoms with Crippen molar-refractivity contribution in [3.05, 3.63) is 54.6 Å². The quantitative estimate of drug-likeness (QED) is 0.637. The molecule has 0 spiro atoms. The van der Waals surface area contributed by atoms with Crippen LogP contribution in [0.3, 0.4) is 0 Å².